The maximum Gasteiger partial charge on any atom is 0.264 e. The molecule has 4 rings (SSSR count). The molecular weight excluding hydrogens is 366 g/mol. The van der Waals surface area contributed by atoms with E-state index >= 15 is 0 Å². The Labute approximate surface area is 162 Å². The zero-order chi connectivity index (χ0) is 18.4. The molecule has 0 radical (unpaired) electrons. The molecule has 1 aromatic carbocycles. The Morgan fingerprint density at radius 2 is 1.85 bits per heavy atom. The number of carbonyl (C=O) groups excluding carboxylic acids is 1. The van der Waals surface area contributed by atoms with Crippen molar-refractivity contribution in [3.8, 4) is 5.69 Å². The van der Waals surface area contributed by atoms with Gasteiger partial charge in [0.25, 0.3) is 5.91 Å². The lowest BCUT2D eigenvalue weighted by Crippen LogP contribution is -2.47. The Balaban J connectivity index is 1.75. The molecule has 1 aliphatic heterocycles. The molecule has 1 aliphatic rings. The smallest absolute Gasteiger partial charge is 0.264 e. The number of aryl methyl sites for hydroxylation is 1. The summed E-state index contributed by atoms with van der Waals surface area (Å²) in [5.41, 5.74) is 1.89. The predicted molar refractivity (Wildman–Crippen MR) is 108 cm³/mol. The van der Waals surface area contributed by atoms with Crippen LogP contribution in [0.25, 0.3) is 15.9 Å². The molecule has 0 bridgehead atoms. The Kier molecular flexibility index (Phi) is 4.53. The van der Waals surface area contributed by atoms with Gasteiger partial charge in [0.2, 0.25) is 0 Å². The van der Waals surface area contributed by atoms with Crippen LogP contribution < -0.4 is 0 Å². The second-order valence-corrected chi connectivity index (χ2v) is 8.61. The highest BCUT2D eigenvalue weighted by Gasteiger charge is 2.31. The zero-order valence-electron chi connectivity index (χ0n) is 15.2. The first-order valence-electron chi connectivity index (χ1n) is 9.03. The van der Waals surface area contributed by atoms with Crippen LogP contribution in [0.2, 0.25) is 5.02 Å². The minimum Gasteiger partial charge on any atom is -0.333 e. The number of carbonyl (C=O) groups is 1. The first kappa shape index (κ1) is 17.6. The minimum atomic E-state index is 0.146. The summed E-state index contributed by atoms with van der Waals surface area (Å²) < 4.78 is 1.91. The number of amides is 1. The van der Waals surface area contributed by atoms with Gasteiger partial charge in [0.15, 0.2) is 0 Å². The number of hydrogen-bond donors (Lipinski definition) is 0. The molecule has 6 heteroatoms. The van der Waals surface area contributed by atoms with Crippen molar-refractivity contribution in [2.45, 2.75) is 52.1 Å². The van der Waals surface area contributed by atoms with Gasteiger partial charge < -0.3 is 4.90 Å². The van der Waals surface area contributed by atoms with Crippen LogP contribution in [0.15, 0.2) is 30.3 Å². The average molecular weight is 388 g/mol. The van der Waals surface area contributed by atoms with Crippen LogP contribution in [-0.2, 0) is 0 Å². The summed E-state index contributed by atoms with van der Waals surface area (Å²) in [6, 6.07) is 10.2. The number of nitrogens with zero attached hydrogens (tertiary/aromatic N) is 3. The monoisotopic (exact) mass is 387 g/mol. The summed E-state index contributed by atoms with van der Waals surface area (Å²) in [5.74, 6) is 0.146. The van der Waals surface area contributed by atoms with Gasteiger partial charge in [-0.05, 0) is 70.4 Å². The number of benzene rings is 1. The lowest BCUT2D eigenvalue weighted by Gasteiger charge is -2.38. The van der Waals surface area contributed by atoms with E-state index in [0.29, 0.717) is 17.1 Å². The molecule has 2 aromatic heterocycles. The number of hydrogen-bond acceptors (Lipinski definition) is 3. The third-order valence-electron chi connectivity index (χ3n) is 5.25. The lowest BCUT2D eigenvalue weighted by atomic mass is 9.97. The highest BCUT2D eigenvalue weighted by molar-refractivity contribution is 7.20. The Morgan fingerprint density at radius 3 is 2.50 bits per heavy atom. The number of likely N-dealkylation sites (tertiary alicyclic amines) is 1. The van der Waals surface area contributed by atoms with Crippen molar-refractivity contribution in [1.29, 1.82) is 0 Å². The van der Waals surface area contributed by atoms with E-state index < -0.39 is 0 Å². The van der Waals surface area contributed by atoms with Gasteiger partial charge in [0.05, 0.1) is 16.3 Å². The van der Waals surface area contributed by atoms with Gasteiger partial charge >= 0.3 is 0 Å². The second-order valence-electron chi connectivity index (χ2n) is 7.14. The van der Waals surface area contributed by atoms with E-state index in [1.807, 2.05) is 41.9 Å². The largest absolute Gasteiger partial charge is 0.333 e. The van der Waals surface area contributed by atoms with Crippen LogP contribution in [0.3, 0.4) is 0 Å². The molecule has 3 aromatic rings. The fourth-order valence-corrected chi connectivity index (χ4v) is 5.11. The van der Waals surface area contributed by atoms with Gasteiger partial charge in [-0.15, -0.1) is 11.3 Å². The van der Waals surface area contributed by atoms with Crippen LogP contribution >= 0.6 is 22.9 Å². The van der Waals surface area contributed by atoms with Gasteiger partial charge in [-0.1, -0.05) is 11.6 Å². The molecule has 1 saturated heterocycles. The molecule has 0 unspecified atom stereocenters. The van der Waals surface area contributed by atoms with Crippen LogP contribution in [0, 0.1) is 6.92 Å². The number of aromatic nitrogens is 2. The zero-order valence-corrected chi connectivity index (χ0v) is 16.8. The quantitative estimate of drug-likeness (QED) is 0.586. The van der Waals surface area contributed by atoms with Crippen molar-refractivity contribution in [3.05, 3.63) is 45.9 Å². The van der Waals surface area contributed by atoms with E-state index in [2.05, 4.69) is 23.8 Å². The van der Waals surface area contributed by atoms with E-state index in [1.54, 1.807) is 0 Å². The van der Waals surface area contributed by atoms with Crippen LogP contribution in [0.5, 0.6) is 0 Å². The fraction of sp³-hybridized carbons (Fsp3) is 0.400. The normalized spacial score (nSPS) is 20.7. The molecular formula is C20H22ClN3OS. The van der Waals surface area contributed by atoms with Crippen molar-refractivity contribution in [2.75, 3.05) is 0 Å². The van der Waals surface area contributed by atoms with Crippen molar-refractivity contribution in [2.24, 2.45) is 0 Å². The third-order valence-corrected chi connectivity index (χ3v) is 6.61. The molecule has 136 valence electrons. The summed E-state index contributed by atoms with van der Waals surface area (Å²) in [7, 11) is 0. The molecule has 0 saturated carbocycles. The van der Waals surface area contributed by atoms with Gasteiger partial charge in [-0.2, -0.15) is 5.10 Å². The summed E-state index contributed by atoms with van der Waals surface area (Å²) in [4.78, 5) is 17.0. The molecule has 0 N–H and O–H groups in total. The molecule has 2 atom stereocenters. The Bertz CT molecular complexity index is 950. The van der Waals surface area contributed by atoms with Gasteiger partial charge in [0, 0.05) is 22.5 Å². The van der Waals surface area contributed by atoms with E-state index in [1.165, 1.54) is 17.8 Å². The number of halogens is 1. The average Bonchev–Trinajstić information content (AvgIpc) is 3.16. The maximum absolute atomic E-state index is 13.2. The van der Waals surface area contributed by atoms with Crippen LogP contribution in [0.4, 0.5) is 0 Å². The Morgan fingerprint density at radius 1 is 1.19 bits per heavy atom. The minimum absolute atomic E-state index is 0.146. The molecule has 1 fully saturated rings. The summed E-state index contributed by atoms with van der Waals surface area (Å²) in [6.07, 6.45) is 3.36. The first-order chi connectivity index (χ1) is 12.5. The third kappa shape index (κ3) is 2.93. The second kappa shape index (κ2) is 6.71. The predicted octanol–water partition coefficient (Wildman–Crippen LogP) is 5.45. The highest BCUT2D eigenvalue weighted by Crippen LogP contribution is 2.33. The molecule has 0 aliphatic carbocycles. The first-order valence-corrected chi connectivity index (χ1v) is 10.2. The van der Waals surface area contributed by atoms with Crippen molar-refractivity contribution < 1.29 is 4.79 Å². The summed E-state index contributed by atoms with van der Waals surface area (Å²) in [6.45, 7) is 6.30. The van der Waals surface area contributed by atoms with E-state index in [-0.39, 0.29) is 5.91 Å². The fourth-order valence-electron chi connectivity index (χ4n) is 3.86. The number of thiophene rings is 1. The van der Waals surface area contributed by atoms with Gasteiger partial charge in [0.1, 0.15) is 4.83 Å². The molecule has 0 spiro atoms. The van der Waals surface area contributed by atoms with Gasteiger partial charge in [-0.25, -0.2) is 4.68 Å². The van der Waals surface area contributed by atoms with Crippen LogP contribution in [0.1, 0.15) is 48.5 Å². The molecule has 1 amide bonds. The van der Waals surface area contributed by atoms with E-state index in [9.17, 15) is 4.79 Å². The Hall–Kier alpha value is -1.85. The topological polar surface area (TPSA) is 38.1 Å². The summed E-state index contributed by atoms with van der Waals surface area (Å²) >= 11 is 7.53. The van der Waals surface area contributed by atoms with E-state index in [0.717, 1.165) is 39.3 Å². The maximum atomic E-state index is 13.2. The molecule has 4 nitrogen and oxygen atoms in total. The van der Waals surface area contributed by atoms with Crippen molar-refractivity contribution in [1.82, 2.24) is 14.7 Å². The highest BCUT2D eigenvalue weighted by atomic mass is 35.5. The summed E-state index contributed by atoms with van der Waals surface area (Å²) in [5, 5.41) is 6.40. The molecule has 3 heterocycles. The van der Waals surface area contributed by atoms with Gasteiger partial charge in [-0.3, -0.25) is 4.79 Å². The van der Waals surface area contributed by atoms with Crippen molar-refractivity contribution >= 4 is 39.1 Å². The number of fused-ring (bicyclic) bond motifs is 1. The molecule has 26 heavy (non-hydrogen) atoms. The van der Waals surface area contributed by atoms with Crippen LogP contribution in [-0.4, -0.2) is 32.7 Å². The lowest BCUT2D eigenvalue weighted by molar-refractivity contribution is 0.0516. The number of piperidine rings is 1. The van der Waals surface area contributed by atoms with Crippen molar-refractivity contribution in [3.63, 3.8) is 0 Å². The number of rotatable bonds is 2. The standard InChI is InChI=1S/C20H22ClN3OS/c1-12-5-4-6-13(2)23(12)19(25)18-11-17-14(3)22-24(20(17)26-18)16-9-7-15(21)8-10-16/h7-13H,4-6H2,1-3H3/t12-,13+. The van der Waals surface area contributed by atoms with E-state index in [4.69, 9.17) is 11.6 Å². The SMILES string of the molecule is Cc1nn(-c2ccc(Cl)cc2)c2sc(C(=O)N3[C@H](C)CCC[C@@H]3C)cc12.